The highest BCUT2D eigenvalue weighted by molar-refractivity contribution is 5.92. The number of esters is 1. The van der Waals surface area contributed by atoms with Crippen LogP contribution < -0.4 is 11.1 Å². The van der Waals surface area contributed by atoms with Gasteiger partial charge >= 0.3 is 5.97 Å². The molecule has 1 aromatic rings. The van der Waals surface area contributed by atoms with Crippen molar-refractivity contribution < 1.29 is 14.3 Å². The second kappa shape index (κ2) is 6.04. The molecule has 1 rings (SSSR count). The molecule has 0 unspecified atom stereocenters. The summed E-state index contributed by atoms with van der Waals surface area (Å²) in [6.45, 7) is 4.54. The first-order valence-electron chi connectivity index (χ1n) is 5.68. The fourth-order valence-corrected chi connectivity index (χ4v) is 1.61. The summed E-state index contributed by atoms with van der Waals surface area (Å²) in [5.41, 5.74) is 5.90. The van der Waals surface area contributed by atoms with E-state index in [1.807, 2.05) is 6.92 Å². The van der Waals surface area contributed by atoms with E-state index in [9.17, 15) is 9.59 Å². The molecule has 0 bridgehead atoms. The lowest BCUT2D eigenvalue weighted by Gasteiger charge is -2.07. The predicted octanol–water partition coefficient (Wildman–Crippen LogP) is 0.0865. The molecule has 0 aliphatic rings. The number of aryl methyl sites for hydroxylation is 1. The Kier molecular flexibility index (Phi) is 4.70. The molecule has 0 atom stereocenters. The van der Waals surface area contributed by atoms with Crippen molar-refractivity contribution in [2.75, 3.05) is 19.4 Å². The Balaban J connectivity index is 2.81. The van der Waals surface area contributed by atoms with Crippen molar-refractivity contribution in [2.24, 2.45) is 0 Å². The van der Waals surface area contributed by atoms with E-state index in [0.29, 0.717) is 18.9 Å². The quantitative estimate of drug-likeness (QED) is 0.725. The Morgan fingerprint density at radius 2 is 2.17 bits per heavy atom. The third kappa shape index (κ3) is 2.99. The molecule has 18 heavy (non-hydrogen) atoms. The van der Waals surface area contributed by atoms with Crippen molar-refractivity contribution in [3.63, 3.8) is 0 Å². The van der Waals surface area contributed by atoms with Crippen LogP contribution in [0.1, 0.15) is 29.7 Å². The van der Waals surface area contributed by atoms with E-state index in [-0.39, 0.29) is 23.8 Å². The molecular formula is C11H18N4O3. The van der Waals surface area contributed by atoms with Crippen LogP contribution in [0.2, 0.25) is 0 Å². The zero-order valence-electron chi connectivity index (χ0n) is 10.8. The highest BCUT2D eigenvalue weighted by Crippen LogP contribution is 2.15. The van der Waals surface area contributed by atoms with Crippen LogP contribution in [-0.4, -0.2) is 35.1 Å². The summed E-state index contributed by atoms with van der Waals surface area (Å²) in [5, 5.41) is 2.69. The minimum absolute atomic E-state index is 0.0652. The first-order chi connectivity index (χ1) is 8.51. The summed E-state index contributed by atoms with van der Waals surface area (Å²) in [4.78, 5) is 26.8. The average Bonchev–Trinajstić information content (AvgIpc) is 2.62. The highest BCUT2D eigenvalue weighted by Gasteiger charge is 2.19. The average molecular weight is 254 g/mol. The number of methoxy groups -OCH3 is 1. The summed E-state index contributed by atoms with van der Waals surface area (Å²) in [6, 6.07) is 0. The fourth-order valence-electron chi connectivity index (χ4n) is 1.61. The topological polar surface area (TPSA) is 99.2 Å². The molecule has 0 aliphatic carbocycles. The van der Waals surface area contributed by atoms with Crippen LogP contribution in [0.15, 0.2) is 0 Å². The van der Waals surface area contributed by atoms with Gasteiger partial charge in [-0.2, -0.15) is 0 Å². The van der Waals surface area contributed by atoms with E-state index in [2.05, 4.69) is 15.0 Å². The normalized spacial score (nSPS) is 10.2. The molecule has 0 aliphatic heterocycles. The minimum Gasteiger partial charge on any atom is -0.464 e. The standard InChI is InChI=1S/C11H18N4O3/c1-4-13-8(16)5-6-15-7(2)14-9(10(15)12)11(17)18-3/h4-6,12H2,1-3H3,(H,13,16). The maximum absolute atomic E-state index is 11.4. The summed E-state index contributed by atoms with van der Waals surface area (Å²) < 4.78 is 6.20. The highest BCUT2D eigenvalue weighted by atomic mass is 16.5. The first kappa shape index (κ1) is 14.0. The summed E-state index contributed by atoms with van der Waals surface area (Å²) in [7, 11) is 1.27. The number of nitrogens with one attached hydrogen (secondary N) is 1. The number of imidazole rings is 1. The van der Waals surface area contributed by atoms with E-state index in [1.54, 1.807) is 11.5 Å². The number of aromatic nitrogens is 2. The van der Waals surface area contributed by atoms with Gasteiger partial charge in [-0.25, -0.2) is 9.78 Å². The van der Waals surface area contributed by atoms with Crippen molar-refractivity contribution in [3.05, 3.63) is 11.5 Å². The maximum atomic E-state index is 11.4. The number of anilines is 1. The van der Waals surface area contributed by atoms with Gasteiger partial charge in [-0.3, -0.25) is 4.79 Å². The Bertz CT molecular complexity index is 453. The van der Waals surface area contributed by atoms with Crippen molar-refractivity contribution in [3.8, 4) is 0 Å². The Hall–Kier alpha value is -2.05. The number of nitrogen functional groups attached to an aromatic ring is 1. The Morgan fingerprint density at radius 3 is 2.72 bits per heavy atom. The molecule has 1 amide bonds. The summed E-state index contributed by atoms with van der Waals surface area (Å²) >= 11 is 0. The number of nitrogens with two attached hydrogens (primary N) is 1. The van der Waals surface area contributed by atoms with Gasteiger partial charge in [-0.1, -0.05) is 0 Å². The van der Waals surface area contributed by atoms with Crippen LogP contribution in [0.5, 0.6) is 0 Å². The molecule has 0 fully saturated rings. The zero-order valence-corrected chi connectivity index (χ0v) is 10.8. The monoisotopic (exact) mass is 254 g/mol. The molecular weight excluding hydrogens is 236 g/mol. The molecule has 0 aromatic carbocycles. The molecule has 100 valence electrons. The van der Waals surface area contributed by atoms with Crippen LogP contribution in [0, 0.1) is 6.92 Å². The van der Waals surface area contributed by atoms with Gasteiger partial charge in [0.1, 0.15) is 11.6 Å². The molecule has 1 aromatic heterocycles. The second-order valence-electron chi connectivity index (χ2n) is 3.74. The fraction of sp³-hybridized carbons (Fsp3) is 0.545. The van der Waals surface area contributed by atoms with Crippen LogP contribution in [0.25, 0.3) is 0 Å². The number of nitrogens with zero attached hydrogens (tertiary/aromatic N) is 2. The molecule has 7 heteroatoms. The smallest absolute Gasteiger partial charge is 0.360 e. The van der Waals surface area contributed by atoms with Crippen LogP contribution in [0.3, 0.4) is 0 Å². The first-order valence-corrected chi connectivity index (χ1v) is 5.68. The van der Waals surface area contributed by atoms with Crippen molar-refractivity contribution in [1.82, 2.24) is 14.9 Å². The lowest BCUT2D eigenvalue weighted by molar-refractivity contribution is -0.121. The number of hydrogen-bond donors (Lipinski definition) is 2. The van der Waals surface area contributed by atoms with Crippen LogP contribution in [0.4, 0.5) is 5.82 Å². The van der Waals surface area contributed by atoms with Crippen LogP contribution >= 0.6 is 0 Å². The van der Waals surface area contributed by atoms with Gasteiger partial charge in [-0.15, -0.1) is 0 Å². The summed E-state index contributed by atoms with van der Waals surface area (Å²) in [6.07, 6.45) is 0.288. The third-order valence-corrected chi connectivity index (χ3v) is 2.51. The molecule has 0 spiro atoms. The number of ether oxygens (including phenoxy) is 1. The SMILES string of the molecule is CCNC(=O)CCn1c(C)nc(C(=O)OC)c1N. The van der Waals surface area contributed by atoms with E-state index in [4.69, 9.17) is 5.73 Å². The van der Waals surface area contributed by atoms with Gasteiger partial charge in [0.05, 0.1) is 7.11 Å². The van der Waals surface area contributed by atoms with E-state index in [0.717, 1.165) is 0 Å². The second-order valence-corrected chi connectivity index (χ2v) is 3.74. The van der Waals surface area contributed by atoms with Gasteiger partial charge < -0.3 is 20.4 Å². The van der Waals surface area contributed by atoms with Gasteiger partial charge in [0.15, 0.2) is 5.69 Å². The van der Waals surface area contributed by atoms with Crippen LogP contribution in [-0.2, 0) is 16.1 Å². The predicted molar refractivity (Wildman–Crippen MR) is 66.0 cm³/mol. The molecule has 3 N–H and O–H groups in total. The largest absolute Gasteiger partial charge is 0.464 e. The Morgan fingerprint density at radius 1 is 1.50 bits per heavy atom. The number of hydrogen-bond acceptors (Lipinski definition) is 5. The molecule has 7 nitrogen and oxygen atoms in total. The molecule has 0 saturated carbocycles. The van der Waals surface area contributed by atoms with Gasteiger partial charge in [0, 0.05) is 19.5 Å². The lowest BCUT2D eigenvalue weighted by Crippen LogP contribution is -2.24. The van der Waals surface area contributed by atoms with Crippen molar-refractivity contribution >= 4 is 17.7 Å². The third-order valence-electron chi connectivity index (χ3n) is 2.51. The Labute approximate surface area is 105 Å². The van der Waals surface area contributed by atoms with Gasteiger partial charge in [-0.05, 0) is 13.8 Å². The molecule has 0 radical (unpaired) electrons. The van der Waals surface area contributed by atoms with Gasteiger partial charge in [0.25, 0.3) is 0 Å². The minimum atomic E-state index is -0.577. The summed E-state index contributed by atoms with van der Waals surface area (Å²) in [5.74, 6) is 0.165. The van der Waals surface area contributed by atoms with Gasteiger partial charge in [0.2, 0.25) is 5.91 Å². The molecule has 1 heterocycles. The number of rotatable bonds is 5. The van der Waals surface area contributed by atoms with Crippen molar-refractivity contribution in [2.45, 2.75) is 26.8 Å². The van der Waals surface area contributed by atoms with E-state index in [1.165, 1.54) is 7.11 Å². The van der Waals surface area contributed by atoms with Crippen molar-refractivity contribution in [1.29, 1.82) is 0 Å². The number of carbonyl (C=O) groups is 2. The van der Waals surface area contributed by atoms with E-state index < -0.39 is 5.97 Å². The zero-order chi connectivity index (χ0) is 13.7. The number of carbonyl (C=O) groups excluding carboxylic acids is 2. The number of amides is 1. The maximum Gasteiger partial charge on any atom is 0.360 e. The molecule has 0 saturated heterocycles. The lowest BCUT2D eigenvalue weighted by atomic mass is 10.3. The van der Waals surface area contributed by atoms with E-state index >= 15 is 0 Å².